The molecule has 0 N–H and O–H groups in total. The molecule has 0 saturated carbocycles. The van der Waals surface area contributed by atoms with E-state index in [1.165, 1.54) is 49.7 Å². The fourth-order valence-corrected chi connectivity index (χ4v) is 2.32. The van der Waals surface area contributed by atoms with Crippen molar-refractivity contribution in [2.75, 3.05) is 6.61 Å². The van der Waals surface area contributed by atoms with Gasteiger partial charge in [-0.15, -0.1) is 0 Å². The number of allylic oxidation sites excluding steroid dienone is 4. The standard InChI is InChI=1S/C21H30O/c1-3-4-14-20(2)15-10-7-5-6-8-13-18-22-19-21-16-11-9-12-17-21/h3-4,9,11-12,14,16-17H,1-2,5-8,10,13,15,18-19H2/b14-4-. The van der Waals surface area contributed by atoms with E-state index in [1.807, 2.05) is 12.1 Å². The molecule has 0 unspecified atom stereocenters. The zero-order valence-electron chi connectivity index (χ0n) is 13.8. The van der Waals surface area contributed by atoms with Gasteiger partial charge in [0.05, 0.1) is 6.61 Å². The van der Waals surface area contributed by atoms with E-state index >= 15 is 0 Å². The topological polar surface area (TPSA) is 9.23 Å². The molecule has 0 saturated heterocycles. The largest absolute Gasteiger partial charge is 0.377 e. The summed E-state index contributed by atoms with van der Waals surface area (Å²) in [5, 5.41) is 0. The lowest BCUT2D eigenvalue weighted by Crippen LogP contribution is -1.95. The molecule has 120 valence electrons. The molecule has 0 radical (unpaired) electrons. The number of unbranched alkanes of at least 4 members (excludes halogenated alkanes) is 5. The Kier molecular flexibility index (Phi) is 11.0. The van der Waals surface area contributed by atoms with Crippen LogP contribution in [0.3, 0.4) is 0 Å². The summed E-state index contributed by atoms with van der Waals surface area (Å²) in [4.78, 5) is 0. The van der Waals surface area contributed by atoms with Gasteiger partial charge in [0.25, 0.3) is 0 Å². The first kappa shape index (κ1) is 18.4. The fraction of sp³-hybridized carbons (Fsp3) is 0.429. The van der Waals surface area contributed by atoms with E-state index in [1.54, 1.807) is 6.08 Å². The summed E-state index contributed by atoms with van der Waals surface area (Å²) in [5.41, 5.74) is 2.46. The van der Waals surface area contributed by atoms with Gasteiger partial charge in [0.1, 0.15) is 0 Å². The Morgan fingerprint density at radius 2 is 1.64 bits per heavy atom. The third-order valence-electron chi connectivity index (χ3n) is 3.62. The van der Waals surface area contributed by atoms with Crippen molar-refractivity contribution >= 4 is 0 Å². The first-order valence-electron chi connectivity index (χ1n) is 8.41. The zero-order chi connectivity index (χ0) is 15.9. The van der Waals surface area contributed by atoms with Crippen LogP contribution in [-0.4, -0.2) is 6.61 Å². The average Bonchev–Trinajstić information content (AvgIpc) is 2.55. The van der Waals surface area contributed by atoms with E-state index < -0.39 is 0 Å². The Balaban J connectivity index is 1.85. The number of rotatable bonds is 13. The molecule has 1 heteroatoms. The van der Waals surface area contributed by atoms with E-state index in [0.717, 1.165) is 19.6 Å². The van der Waals surface area contributed by atoms with Gasteiger partial charge in [-0.05, 0) is 24.8 Å². The summed E-state index contributed by atoms with van der Waals surface area (Å²) in [7, 11) is 0. The maximum absolute atomic E-state index is 5.69. The normalized spacial score (nSPS) is 10.9. The van der Waals surface area contributed by atoms with Crippen molar-refractivity contribution < 1.29 is 4.74 Å². The Bertz CT molecular complexity index is 430. The number of ether oxygens (including phenoxy) is 1. The number of benzene rings is 1. The van der Waals surface area contributed by atoms with Crippen molar-refractivity contribution in [1.82, 2.24) is 0 Å². The van der Waals surface area contributed by atoms with Crippen LogP contribution >= 0.6 is 0 Å². The Morgan fingerprint density at radius 1 is 0.955 bits per heavy atom. The number of hydrogen-bond donors (Lipinski definition) is 0. The van der Waals surface area contributed by atoms with E-state index in [2.05, 4.69) is 43.5 Å². The van der Waals surface area contributed by atoms with Crippen LogP contribution in [-0.2, 0) is 11.3 Å². The highest BCUT2D eigenvalue weighted by Gasteiger charge is 1.95. The molecule has 0 bridgehead atoms. The molecule has 0 heterocycles. The van der Waals surface area contributed by atoms with E-state index in [9.17, 15) is 0 Å². The molecule has 0 fully saturated rings. The van der Waals surface area contributed by atoms with Crippen molar-refractivity contribution in [2.45, 2.75) is 51.6 Å². The first-order valence-corrected chi connectivity index (χ1v) is 8.41. The molecular weight excluding hydrogens is 268 g/mol. The van der Waals surface area contributed by atoms with Gasteiger partial charge in [0, 0.05) is 6.61 Å². The first-order chi connectivity index (χ1) is 10.8. The highest BCUT2D eigenvalue weighted by Crippen LogP contribution is 2.11. The summed E-state index contributed by atoms with van der Waals surface area (Å²) in [6.45, 7) is 9.31. The molecule has 1 rings (SSSR count). The van der Waals surface area contributed by atoms with Crippen LogP contribution in [0.5, 0.6) is 0 Å². The molecule has 0 aliphatic heterocycles. The van der Waals surface area contributed by atoms with Crippen molar-refractivity contribution in [2.24, 2.45) is 0 Å². The Labute approximate surface area is 136 Å². The molecule has 0 spiro atoms. The van der Waals surface area contributed by atoms with Gasteiger partial charge in [0.2, 0.25) is 0 Å². The van der Waals surface area contributed by atoms with Crippen LogP contribution in [0.15, 0.2) is 67.3 Å². The van der Waals surface area contributed by atoms with Crippen LogP contribution in [0.1, 0.15) is 50.5 Å². The van der Waals surface area contributed by atoms with E-state index in [-0.39, 0.29) is 0 Å². The molecule has 22 heavy (non-hydrogen) atoms. The van der Waals surface area contributed by atoms with Gasteiger partial charge >= 0.3 is 0 Å². The highest BCUT2D eigenvalue weighted by molar-refractivity contribution is 5.17. The third kappa shape index (κ3) is 10.2. The van der Waals surface area contributed by atoms with Gasteiger partial charge in [-0.25, -0.2) is 0 Å². The predicted molar refractivity (Wildman–Crippen MR) is 96.9 cm³/mol. The quantitative estimate of drug-likeness (QED) is 0.310. The van der Waals surface area contributed by atoms with Gasteiger partial charge in [-0.1, -0.05) is 93.0 Å². The Morgan fingerprint density at radius 3 is 2.36 bits per heavy atom. The SMILES string of the molecule is C=C/C=C\C(=C)CCCCCCCCOCc1ccccc1. The van der Waals surface area contributed by atoms with Gasteiger partial charge in [-0.3, -0.25) is 0 Å². The van der Waals surface area contributed by atoms with Crippen molar-refractivity contribution in [1.29, 1.82) is 0 Å². The second-order valence-electron chi connectivity index (χ2n) is 5.66. The summed E-state index contributed by atoms with van der Waals surface area (Å²) < 4.78 is 5.69. The molecule has 0 amide bonds. The second kappa shape index (κ2) is 13.1. The molecule has 1 aromatic carbocycles. The molecule has 0 aromatic heterocycles. The van der Waals surface area contributed by atoms with Crippen molar-refractivity contribution in [3.63, 3.8) is 0 Å². The average molecular weight is 298 g/mol. The van der Waals surface area contributed by atoms with Crippen LogP contribution in [0.2, 0.25) is 0 Å². The van der Waals surface area contributed by atoms with Crippen LogP contribution in [0.25, 0.3) is 0 Å². The van der Waals surface area contributed by atoms with Gasteiger partial charge < -0.3 is 4.74 Å². The summed E-state index contributed by atoms with van der Waals surface area (Å²) in [6.07, 6.45) is 14.5. The predicted octanol–water partition coefficient (Wildman–Crippen LogP) is 6.23. The minimum atomic E-state index is 0.737. The summed E-state index contributed by atoms with van der Waals surface area (Å²) >= 11 is 0. The van der Waals surface area contributed by atoms with Crippen molar-refractivity contribution in [3.05, 3.63) is 72.9 Å². The van der Waals surface area contributed by atoms with Gasteiger partial charge in [-0.2, -0.15) is 0 Å². The molecule has 0 aliphatic rings. The lowest BCUT2D eigenvalue weighted by Gasteiger charge is -2.05. The zero-order valence-corrected chi connectivity index (χ0v) is 13.8. The minimum absolute atomic E-state index is 0.737. The monoisotopic (exact) mass is 298 g/mol. The lowest BCUT2D eigenvalue weighted by molar-refractivity contribution is 0.116. The second-order valence-corrected chi connectivity index (χ2v) is 5.66. The minimum Gasteiger partial charge on any atom is -0.377 e. The molecule has 1 aromatic rings. The fourth-order valence-electron chi connectivity index (χ4n) is 2.32. The van der Waals surface area contributed by atoms with E-state index in [4.69, 9.17) is 4.74 Å². The molecule has 0 aliphatic carbocycles. The molecule has 1 nitrogen and oxygen atoms in total. The van der Waals surface area contributed by atoms with Gasteiger partial charge in [0.15, 0.2) is 0 Å². The highest BCUT2D eigenvalue weighted by atomic mass is 16.5. The third-order valence-corrected chi connectivity index (χ3v) is 3.62. The lowest BCUT2D eigenvalue weighted by atomic mass is 10.1. The van der Waals surface area contributed by atoms with Crippen LogP contribution in [0.4, 0.5) is 0 Å². The van der Waals surface area contributed by atoms with E-state index in [0.29, 0.717) is 0 Å². The van der Waals surface area contributed by atoms with Crippen molar-refractivity contribution in [3.8, 4) is 0 Å². The summed E-state index contributed by atoms with van der Waals surface area (Å²) in [6, 6.07) is 10.4. The maximum Gasteiger partial charge on any atom is 0.0716 e. The van der Waals surface area contributed by atoms with Crippen LogP contribution < -0.4 is 0 Å². The van der Waals surface area contributed by atoms with Crippen LogP contribution in [0, 0.1) is 0 Å². The summed E-state index contributed by atoms with van der Waals surface area (Å²) in [5.74, 6) is 0. The molecular formula is C21H30O. The smallest absolute Gasteiger partial charge is 0.0716 e. The Hall–Kier alpha value is -1.60. The maximum atomic E-state index is 5.69. The number of hydrogen-bond acceptors (Lipinski definition) is 1. The molecule has 0 atom stereocenters.